The number of rotatable bonds is 6. The number of aliphatic imine (C=N–C) groups is 1. The van der Waals surface area contributed by atoms with E-state index in [9.17, 15) is 15.0 Å². The van der Waals surface area contributed by atoms with E-state index in [0.29, 0.717) is 22.1 Å². The summed E-state index contributed by atoms with van der Waals surface area (Å²) in [6.07, 6.45) is 5.31. The Bertz CT molecular complexity index is 1340. The molecule has 0 saturated carbocycles. The Hall–Kier alpha value is -3.68. The molecule has 1 atom stereocenters. The number of aromatic nitrogens is 1. The number of benzene rings is 2. The highest BCUT2D eigenvalue weighted by molar-refractivity contribution is 6.03. The van der Waals surface area contributed by atoms with Gasteiger partial charge in [0.1, 0.15) is 5.76 Å². The van der Waals surface area contributed by atoms with Gasteiger partial charge in [-0.05, 0) is 61.3 Å². The lowest BCUT2D eigenvalue weighted by atomic mass is 10.0. The number of hydrogen-bond acceptors (Lipinski definition) is 6. The normalized spacial score (nSPS) is 16.8. The number of hydrogen-bond donors (Lipinski definition) is 3. The Morgan fingerprint density at radius 1 is 1.15 bits per heavy atom. The van der Waals surface area contributed by atoms with Gasteiger partial charge in [-0.3, -0.25) is 19.7 Å². The summed E-state index contributed by atoms with van der Waals surface area (Å²) in [4.78, 5) is 21.7. The number of aromatic amines is 1. The smallest absolute Gasteiger partial charge is 0.258 e. The standard InChI is InChI=1S/C26H25N3O4/c30-16-20-3-1-11-29(20)15-17-5-8-19(9-6-17)27-14-23-22-13-18(24-4-2-12-33-24)7-10-21(22)25(31)28-26(23)32/h2,4-10,12-14,20,30H,1,3,11,15-16H2,(H2,28,31,32)/t20-/m0/s1. The third-order valence-corrected chi connectivity index (χ3v) is 6.22. The molecule has 0 radical (unpaired) electrons. The van der Waals surface area contributed by atoms with E-state index in [-0.39, 0.29) is 24.1 Å². The monoisotopic (exact) mass is 443 g/mol. The van der Waals surface area contributed by atoms with Gasteiger partial charge in [0.2, 0.25) is 5.88 Å². The number of aromatic hydroxyl groups is 1. The molecular weight excluding hydrogens is 418 g/mol. The minimum Gasteiger partial charge on any atom is -0.494 e. The van der Waals surface area contributed by atoms with Crippen molar-refractivity contribution in [3.05, 3.63) is 82.3 Å². The predicted octanol–water partition coefficient (Wildman–Crippen LogP) is 4.20. The van der Waals surface area contributed by atoms with E-state index in [1.54, 1.807) is 24.6 Å². The molecule has 4 aromatic rings. The van der Waals surface area contributed by atoms with E-state index < -0.39 is 0 Å². The largest absolute Gasteiger partial charge is 0.494 e. The van der Waals surface area contributed by atoms with E-state index in [4.69, 9.17) is 4.42 Å². The summed E-state index contributed by atoms with van der Waals surface area (Å²) in [5, 5.41) is 21.0. The van der Waals surface area contributed by atoms with Crippen LogP contribution in [0.5, 0.6) is 5.88 Å². The highest BCUT2D eigenvalue weighted by atomic mass is 16.3. The fourth-order valence-electron chi connectivity index (χ4n) is 4.43. The first-order valence-electron chi connectivity index (χ1n) is 11.0. The van der Waals surface area contributed by atoms with Gasteiger partial charge in [0, 0.05) is 35.1 Å². The van der Waals surface area contributed by atoms with E-state index in [1.165, 1.54) is 0 Å². The molecule has 0 bridgehead atoms. The first kappa shape index (κ1) is 21.2. The van der Waals surface area contributed by atoms with E-state index in [2.05, 4.69) is 14.9 Å². The van der Waals surface area contributed by atoms with Gasteiger partial charge in [-0.15, -0.1) is 0 Å². The van der Waals surface area contributed by atoms with Crippen LogP contribution in [0.15, 0.2) is 75.1 Å². The van der Waals surface area contributed by atoms with Crippen molar-refractivity contribution in [1.29, 1.82) is 0 Å². The maximum Gasteiger partial charge on any atom is 0.258 e. The van der Waals surface area contributed by atoms with Crippen LogP contribution in [0.3, 0.4) is 0 Å². The van der Waals surface area contributed by atoms with Crippen LogP contribution in [0.1, 0.15) is 24.0 Å². The molecule has 1 fully saturated rings. The summed E-state index contributed by atoms with van der Waals surface area (Å²) >= 11 is 0. The molecule has 0 unspecified atom stereocenters. The van der Waals surface area contributed by atoms with Gasteiger partial charge in [0.25, 0.3) is 5.56 Å². The number of furan rings is 1. The van der Waals surface area contributed by atoms with Crippen LogP contribution in [0, 0.1) is 0 Å². The van der Waals surface area contributed by atoms with Crippen molar-refractivity contribution in [3.63, 3.8) is 0 Å². The van der Waals surface area contributed by atoms with Crippen molar-refractivity contribution in [3.8, 4) is 17.2 Å². The van der Waals surface area contributed by atoms with Crippen LogP contribution < -0.4 is 5.56 Å². The van der Waals surface area contributed by atoms with Gasteiger partial charge < -0.3 is 14.6 Å². The molecule has 0 aliphatic carbocycles. The molecule has 5 rings (SSSR count). The van der Waals surface area contributed by atoms with Crippen molar-refractivity contribution in [1.82, 2.24) is 9.88 Å². The average Bonchev–Trinajstić information content (AvgIpc) is 3.52. The third-order valence-electron chi connectivity index (χ3n) is 6.22. The van der Waals surface area contributed by atoms with Crippen molar-refractivity contribution < 1.29 is 14.6 Å². The van der Waals surface area contributed by atoms with E-state index in [1.807, 2.05) is 42.5 Å². The number of fused-ring (bicyclic) bond motifs is 1. The molecule has 7 nitrogen and oxygen atoms in total. The van der Waals surface area contributed by atoms with Crippen molar-refractivity contribution in [2.45, 2.75) is 25.4 Å². The summed E-state index contributed by atoms with van der Waals surface area (Å²) in [7, 11) is 0. The Balaban J connectivity index is 1.43. The molecule has 7 heteroatoms. The van der Waals surface area contributed by atoms with Crippen LogP contribution in [-0.2, 0) is 6.54 Å². The molecule has 2 aromatic carbocycles. The van der Waals surface area contributed by atoms with E-state index in [0.717, 1.165) is 42.7 Å². The summed E-state index contributed by atoms with van der Waals surface area (Å²) in [5.74, 6) is 0.449. The highest BCUT2D eigenvalue weighted by Gasteiger charge is 2.23. The number of aliphatic hydroxyl groups is 1. The first-order valence-corrected chi connectivity index (χ1v) is 11.0. The second-order valence-electron chi connectivity index (χ2n) is 8.33. The van der Waals surface area contributed by atoms with Gasteiger partial charge in [0.05, 0.1) is 24.1 Å². The zero-order chi connectivity index (χ0) is 22.8. The fourth-order valence-corrected chi connectivity index (χ4v) is 4.43. The minimum absolute atomic E-state index is 0.195. The van der Waals surface area contributed by atoms with Gasteiger partial charge in [-0.25, -0.2) is 0 Å². The summed E-state index contributed by atoms with van der Waals surface area (Å²) < 4.78 is 5.47. The number of nitrogens with zero attached hydrogens (tertiary/aromatic N) is 2. The topological polar surface area (TPSA) is 102 Å². The van der Waals surface area contributed by atoms with Crippen LogP contribution in [0.4, 0.5) is 5.69 Å². The molecule has 2 aromatic heterocycles. The predicted molar refractivity (Wildman–Crippen MR) is 128 cm³/mol. The molecule has 0 spiro atoms. The zero-order valence-corrected chi connectivity index (χ0v) is 18.1. The lowest BCUT2D eigenvalue weighted by molar-refractivity contribution is 0.153. The number of pyridine rings is 1. The molecule has 1 aliphatic rings. The fraction of sp³-hybridized carbons (Fsp3) is 0.231. The van der Waals surface area contributed by atoms with E-state index >= 15 is 0 Å². The molecule has 33 heavy (non-hydrogen) atoms. The summed E-state index contributed by atoms with van der Waals surface area (Å²) in [6, 6.07) is 17.1. The number of aliphatic hydroxyl groups excluding tert-OH is 1. The second-order valence-corrected chi connectivity index (χ2v) is 8.33. The van der Waals surface area contributed by atoms with Crippen LogP contribution >= 0.6 is 0 Å². The van der Waals surface area contributed by atoms with Crippen LogP contribution in [-0.4, -0.2) is 45.5 Å². The van der Waals surface area contributed by atoms with Crippen LogP contribution in [0.25, 0.3) is 22.1 Å². The summed E-state index contributed by atoms with van der Waals surface area (Å²) in [5.41, 5.74) is 2.78. The lowest BCUT2D eigenvalue weighted by Crippen LogP contribution is -2.31. The molecule has 0 amide bonds. The molecular formula is C26H25N3O4. The summed E-state index contributed by atoms with van der Waals surface area (Å²) in [6.45, 7) is 2.00. The van der Waals surface area contributed by atoms with Gasteiger partial charge in [-0.1, -0.05) is 18.2 Å². The Morgan fingerprint density at radius 3 is 2.76 bits per heavy atom. The van der Waals surface area contributed by atoms with Crippen molar-refractivity contribution >= 4 is 22.7 Å². The lowest BCUT2D eigenvalue weighted by Gasteiger charge is -2.22. The molecule has 3 heterocycles. The SMILES string of the molecule is O=c1[nH]c(O)c(C=Nc2ccc(CN3CCC[C@H]3CO)cc2)c2cc(-c3ccco3)ccc12. The van der Waals surface area contributed by atoms with Crippen molar-refractivity contribution in [2.75, 3.05) is 13.2 Å². The Labute approximate surface area is 190 Å². The second kappa shape index (κ2) is 9.05. The number of H-pyrrole nitrogens is 1. The minimum atomic E-state index is -0.363. The highest BCUT2D eigenvalue weighted by Crippen LogP contribution is 2.28. The average molecular weight is 444 g/mol. The first-order chi connectivity index (χ1) is 16.1. The number of nitrogens with one attached hydrogen (secondary N) is 1. The van der Waals surface area contributed by atoms with Crippen LogP contribution in [0.2, 0.25) is 0 Å². The van der Waals surface area contributed by atoms with Gasteiger partial charge in [-0.2, -0.15) is 0 Å². The molecule has 1 aliphatic heterocycles. The Morgan fingerprint density at radius 2 is 2.00 bits per heavy atom. The third kappa shape index (κ3) is 4.33. The quantitative estimate of drug-likeness (QED) is 0.388. The zero-order valence-electron chi connectivity index (χ0n) is 18.1. The Kier molecular flexibility index (Phi) is 5.81. The van der Waals surface area contributed by atoms with Gasteiger partial charge >= 0.3 is 0 Å². The molecule has 168 valence electrons. The molecule has 3 N–H and O–H groups in total. The van der Waals surface area contributed by atoms with Gasteiger partial charge in [0.15, 0.2) is 0 Å². The maximum absolute atomic E-state index is 12.3. The maximum atomic E-state index is 12.3. The number of likely N-dealkylation sites (tertiary alicyclic amines) is 1. The van der Waals surface area contributed by atoms with Crippen molar-refractivity contribution in [2.24, 2.45) is 4.99 Å². The molecule has 1 saturated heterocycles.